The van der Waals surface area contributed by atoms with Crippen molar-refractivity contribution in [2.24, 2.45) is 0 Å². The third kappa shape index (κ3) is 3.00. The molecule has 0 saturated carbocycles. The monoisotopic (exact) mass is 245 g/mol. The molecule has 1 atom stereocenters. The van der Waals surface area contributed by atoms with Gasteiger partial charge in [-0.15, -0.1) is 0 Å². The van der Waals surface area contributed by atoms with E-state index < -0.39 is 0 Å². The van der Waals surface area contributed by atoms with Crippen LogP contribution in [0.2, 0.25) is 0 Å². The molecule has 94 valence electrons. The van der Waals surface area contributed by atoms with Gasteiger partial charge in [-0.25, -0.2) is 4.39 Å². The fourth-order valence-corrected chi connectivity index (χ4v) is 1.79. The van der Waals surface area contributed by atoms with Crippen molar-refractivity contribution < 1.29 is 9.13 Å². The standard InChI is InChI=1S/C15H16FNO/c1-11(12-4-3-5-15(10-12)18-2)17-14-8-6-13(16)7-9-14/h3-11,17H,1-2H3. The topological polar surface area (TPSA) is 21.3 Å². The number of halogens is 1. The molecule has 0 aliphatic heterocycles. The second-order valence-electron chi connectivity index (χ2n) is 4.15. The summed E-state index contributed by atoms with van der Waals surface area (Å²) in [5.74, 6) is 0.606. The van der Waals surface area contributed by atoms with Crippen LogP contribution in [0.4, 0.5) is 10.1 Å². The maximum absolute atomic E-state index is 12.8. The largest absolute Gasteiger partial charge is 0.497 e. The summed E-state index contributed by atoms with van der Waals surface area (Å²) in [5.41, 5.74) is 2.02. The third-order valence-corrected chi connectivity index (χ3v) is 2.82. The zero-order valence-electron chi connectivity index (χ0n) is 10.5. The number of hydrogen-bond acceptors (Lipinski definition) is 2. The molecule has 0 saturated heterocycles. The molecule has 2 nitrogen and oxygen atoms in total. The Bertz CT molecular complexity index is 510. The fraction of sp³-hybridized carbons (Fsp3) is 0.200. The maximum atomic E-state index is 12.8. The first-order valence-corrected chi connectivity index (χ1v) is 5.85. The molecule has 0 fully saturated rings. The van der Waals surface area contributed by atoms with E-state index in [9.17, 15) is 4.39 Å². The van der Waals surface area contributed by atoms with E-state index in [4.69, 9.17) is 4.74 Å². The number of hydrogen-bond donors (Lipinski definition) is 1. The van der Waals surface area contributed by atoms with E-state index >= 15 is 0 Å². The van der Waals surface area contributed by atoms with Crippen LogP contribution in [0, 0.1) is 5.82 Å². The van der Waals surface area contributed by atoms with Gasteiger partial charge in [0, 0.05) is 11.7 Å². The van der Waals surface area contributed by atoms with Gasteiger partial charge in [0.05, 0.1) is 7.11 Å². The van der Waals surface area contributed by atoms with Crippen LogP contribution < -0.4 is 10.1 Å². The summed E-state index contributed by atoms with van der Waals surface area (Å²) in [7, 11) is 1.65. The van der Waals surface area contributed by atoms with Crippen molar-refractivity contribution in [2.45, 2.75) is 13.0 Å². The Labute approximate surface area is 106 Å². The average Bonchev–Trinajstić information content (AvgIpc) is 2.41. The first-order valence-electron chi connectivity index (χ1n) is 5.85. The lowest BCUT2D eigenvalue weighted by Gasteiger charge is -2.16. The minimum atomic E-state index is -0.227. The molecular weight excluding hydrogens is 229 g/mol. The number of anilines is 1. The summed E-state index contributed by atoms with van der Waals surface area (Å²) in [6, 6.07) is 14.4. The van der Waals surface area contributed by atoms with Crippen LogP contribution in [0.15, 0.2) is 48.5 Å². The van der Waals surface area contributed by atoms with Crippen molar-refractivity contribution >= 4 is 5.69 Å². The van der Waals surface area contributed by atoms with E-state index in [1.807, 2.05) is 24.3 Å². The van der Waals surface area contributed by atoms with E-state index in [1.165, 1.54) is 12.1 Å². The highest BCUT2D eigenvalue weighted by Gasteiger charge is 2.06. The van der Waals surface area contributed by atoms with Gasteiger partial charge < -0.3 is 10.1 Å². The van der Waals surface area contributed by atoms with Crippen molar-refractivity contribution in [3.8, 4) is 5.75 Å². The molecule has 0 aromatic heterocycles. The number of nitrogens with one attached hydrogen (secondary N) is 1. The third-order valence-electron chi connectivity index (χ3n) is 2.82. The van der Waals surface area contributed by atoms with Gasteiger partial charge in [0.25, 0.3) is 0 Å². The molecule has 0 aliphatic carbocycles. The lowest BCUT2D eigenvalue weighted by molar-refractivity contribution is 0.414. The summed E-state index contributed by atoms with van der Waals surface area (Å²) in [4.78, 5) is 0. The molecule has 0 amide bonds. The molecule has 3 heteroatoms. The SMILES string of the molecule is COc1cccc(C(C)Nc2ccc(F)cc2)c1. The van der Waals surface area contributed by atoms with Crippen molar-refractivity contribution in [3.05, 3.63) is 59.9 Å². The molecule has 0 radical (unpaired) electrons. The van der Waals surface area contributed by atoms with Crippen LogP contribution in [-0.2, 0) is 0 Å². The predicted molar refractivity (Wildman–Crippen MR) is 71.4 cm³/mol. The summed E-state index contributed by atoms with van der Waals surface area (Å²) >= 11 is 0. The van der Waals surface area contributed by atoms with Crippen molar-refractivity contribution in [3.63, 3.8) is 0 Å². The van der Waals surface area contributed by atoms with Gasteiger partial charge in [-0.2, -0.15) is 0 Å². The van der Waals surface area contributed by atoms with Crippen LogP contribution in [0.5, 0.6) is 5.75 Å². The lowest BCUT2D eigenvalue weighted by Crippen LogP contribution is -2.06. The van der Waals surface area contributed by atoms with Gasteiger partial charge in [-0.3, -0.25) is 0 Å². The van der Waals surface area contributed by atoms with Crippen molar-refractivity contribution in [1.82, 2.24) is 0 Å². The molecule has 1 N–H and O–H groups in total. The van der Waals surface area contributed by atoms with Crippen LogP contribution in [0.1, 0.15) is 18.5 Å². The smallest absolute Gasteiger partial charge is 0.123 e. The number of rotatable bonds is 4. The quantitative estimate of drug-likeness (QED) is 0.878. The number of methoxy groups -OCH3 is 1. The Balaban J connectivity index is 2.11. The lowest BCUT2D eigenvalue weighted by atomic mass is 10.1. The van der Waals surface area contributed by atoms with Gasteiger partial charge >= 0.3 is 0 Å². The average molecular weight is 245 g/mol. The molecule has 0 bridgehead atoms. The Morgan fingerprint density at radius 2 is 1.83 bits per heavy atom. The zero-order chi connectivity index (χ0) is 13.0. The first kappa shape index (κ1) is 12.4. The normalized spacial score (nSPS) is 11.9. The molecule has 18 heavy (non-hydrogen) atoms. The fourth-order valence-electron chi connectivity index (χ4n) is 1.79. The molecule has 0 aliphatic rings. The minimum Gasteiger partial charge on any atom is -0.497 e. The van der Waals surface area contributed by atoms with Crippen molar-refractivity contribution in [1.29, 1.82) is 0 Å². The first-order chi connectivity index (χ1) is 8.69. The zero-order valence-corrected chi connectivity index (χ0v) is 10.5. The summed E-state index contributed by atoms with van der Waals surface area (Å²) in [6.45, 7) is 2.05. The summed E-state index contributed by atoms with van der Waals surface area (Å²) < 4.78 is 18.0. The molecule has 2 aromatic carbocycles. The van der Waals surface area contributed by atoms with Gasteiger partial charge in [0.1, 0.15) is 11.6 Å². The molecule has 0 spiro atoms. The van der Waals surface area contributed by atoms with E-state index in [-0.39, 0.29) is 11.9 Å². The van der Waals surface area contributed by atoms with Crippen LogP contribution >= 0.6 is 0 Å². The highest BCUT2D eigenvalue weighted by molar-refractivity contribution is 5.45. The molecule has 1 unspecified atom stereocenters. The van der Waals surface area contributed by atoms with Gasteiger partial charge in [0.15, 0.2) is 0 Å². The number of ether oxygens (including phenoxy) is 1. The molecule has 0 heterocycles. The van der Waals surface area contributed by atoms with Gasteiger partial charge in [-0.05, 0) is 48.9 Å². The molecule has 2 rings (SSSR count). The van der Waals surface area contributed by atoms with Crippen LogP contribution in [0.3, 0.4) is 0 Å². The Kier molecular flexibility index (Phi) is 3.82. The number of benzene rings is 2. The maximum Gasteiger partial charge on any atom is 0.123 e. The molecular formula is C15H16FNO. The Hall–Kier alpha value is -2.03. The van der Waals surface area contributed by atoms with Crippen molar-refractivity contribution in [2.75, 3.05) is 12.4 Å². The van der Waals surface area contributed by atoms with Crippen LogP contribution in [0.25, 0.3) is 0 Å². The Morgan fingerprint density at radius 3 is 2.50 bits per heavy atom. The van der Waals surface area contributed by atoms with E-state index in [1.54, 1.807) is 19.2 Å². The second kappa shape index (κ2) is 5.54. The Morgan fingerprint density at radius 1 is 1.11 bits per heavy atom. The van der Waals surface area contributed by atoms with Gasteiger partial charge in [-0.1, -0.05) is 12.1 Å². The van der Waals surface area contributed by atoms with E-state index in [2.05, 4.69) is 12.2 Å². The highest BCUT2D eigenvalue weighted by Crippen LogP contribution is 2.22. The molecule has 2 aromatic rings. The van der Waals surface area contributed by atoms with Crippen LogP contribution in [-0.4, -0.2) is 7.11 Å². The summed E-state index contributed by atoms with van der Waals surface area (Å²) in [6.07, 6.45) is 0. The predicted octanol–water partition coefficient (Wildman–Crippen LogP) is 4.01. The van der Waals surface area contributed by atoms with Gasteiger partial charge in [0.2, 0.25) is 0 Å². The summed E-state index contributed by atoms with van der Waals surface area (Å²) in [5, 5.41) is 3.31. The van der Waals surface area contributed by atoms with E-state index in [0.29, 0.717) is 0 Å². The second-order valence-corrected chi connectivity index (χ2v) is 4.15. The minimum absolute atomic E-state index is 0.130. The highest BCUT2D eigenvalue weighted by atomic mass is 19.1. The van der Waals surface area contributed by atoms with E-state index in [0.717, 1.165) is 17.0 Å².